The summed E-state index contributed by atoms with van der Waals surface area (Å²) in [7, 11) is 0. The molecule has 4 heterocycles. The van der Waals surface area contributed by atoms with Crippen LogP contribution in [0.2, 0.25) is 0 Å². The van der Waals surface area contributed by atoms with Crippen LogP contribution in [0.3, 0.4) is 0 Å². The van der Waals surface area contributed by atoms with Crippen molar-refractivity contribution in [2.45, 2.75) is 32.9 Å². The first-order chi connectivity index (χ1) is 20.7. The van der Waals surface area contributed by atoms with Gasteiger partial charge in [-0.3, -0.25) is 9.47 Å². The highest BCUT2D eigenvalue weighted by molar-refractivity contribution is 5.84. The minimum absolute atomic E-state index is 0.408. The molecule has 43 heavy (non-hydrogen) atoms. The second-order valence-electron chi connectivity index (χ2n) is 11.8. The van der Waals surface area contributed by atoms with Crippen molar-refractivity contribution in [2.24, 2.45) is 0 Å². The number of hydrogen-bond acceptors (Lipinski definition) is 7. The average molecular weight is 577 g/mol. The van der Waals surface area contributed by atoms with Crippen molar-refractivity contribution in [2.75, 3.05) is 31.9 Å². The Morgan fingerprint density at radius 1 is 0.907 bits per heavy atom. The van der Waals surface area contributed by atoms with Crippen molar-refractivity contribution >= 4 is 23.1 Å². The third kappa shape index (κ3) is 5.79. The topological polar surface area (TPSA) is 117 Å². The van der Waals surface area contributed by atoms with Crippen molar-refractivity contribution in [3.05, 3.63) is 90.6 Å². The van der Waals surface area contributed by atoms with E-state index in [1.54, 1.807) is 6.20 Å². The van der Waals surface area contributed by atoms with Crippen molar-refractivity contribution in [1.82, 2.24) is 34.4 Å². The van der Waals surface area contributed by atoms with E-state index in [4.69, 9.17) is 15.7 Å². The van der Waals surface area contributed by atoms with Crippen LogP contribution in [0.25, 0.3) is 39.5 Å². The molecule has 0 spiro atoms. The first-order valence-electron chi connectivity index (χ1n) is 14.4. The molecule has 1 fully saturated rings. The third-order valence-corrected chi connectivity index (χ3v) is 7.70. The molecule has 220 valence electrons. The number of amides is 1. The molecule has 5 aromatic rings. The van der Waals surface area contributed by atoms with Crippen molar-refractivity contribution in [3.63, 3.8) is 0 Å². The number of pyridine rings is 2. The first kappa shape index (κ1) is 28.3. The molecule has 0 bridgehead atoms. The Kier molecular flexibility index (Phi) is 7.55. The number of carbonyl (C=O) groups is 1. The molecule has 1 aliphatic heterocycles. The lowest BCUT2D eigenvalue weighted by atomic mass is 10.1. The summed E-state index contributed by atoms with van der Waals surface area (Å²) in [5.41, 5.74) is 12.1. The lowest BCUT2D eigenvalue weighted by Crippen LogP contribution is -2.60. The SMILES string of the molecule is CC(C)(C)N(C(=O)O)N1CCN(Cc2ccc(-n3c(-c4cccnc4N)nc4ccc(-c5ccccc5)nc43)cc2)CC1. The highest BCUT2D eigenvalue weighted by Crippen LogP contribution is 2.32. The van der Waals surface area contributed by atoms with E-state index in [1.165, 1.54) is 10.6 Å². The molecule has 0 aliphatic carbocycles. The van der Waals surface area contributed by atoms with Gasteiger partial charge in [-0.25, -0.2) is 29.8 Å². The van der Waals surface area contributed by atoms with Crippen LogP contribution in [0.1, 0.15) is 26.3 Å². The van der Waals surface area contributed by atoms with Gasteiger partial charge in [0.2, 0.25) is 0 Å². The molecule has 1 saturated heterocycles. The lowest BCUT2D eigenvalue weighted by Gasteiger charge is -2.45. The molecule has 3 N–H and O–H groups in total. The minimum atomic E-state index is -0.915. The second kappa shape index (κ2) is 11.5. The molecule has 0 unspecified atom stereocenters. The van der Waals surface area contributed by atoms with E-state index in [1.807, 2.05) is 84.9 Å². The van der Waals surface area contributed by atoms with E-state index < -0.39 is 11.6 Å². The predicted octanol–water partition coefficient (Wildman–Crippen LogP) is 5.54. The fraction of sp³-hybridized carbons (Fsp3) is 0.273. The fourth-order valence-corrected chi connectivity index (χ4v) is 5.70. The lowest BCUT2D eigenvalue weighted by molar-refractivity contribution is -0.0885. The summed E-state index contributed by atoms with van der Waals surface area (Å²) < 4.78 is 2.05. The van der Waals surface area contributed by atoms with Crippen LogP contribution in [-0.2, 0) is 6.54 Å². The van der Waals surface area contributed by atoms with Crippen LogP contribution in [0.4, 0.5) is 10.6 Å². The number of carboxylic acid groups (broad SMARTS) is 1. The van der Waals surface area contributed by atoms with Gasteiger partial charge in [0.05, 0.1) is 16.8 Å². The van der Waals surface area contributed by atoms with Gasteiger partial charge in [0, 0.05) is 50.2 Å². The molecule has 1 aliphatic rings. The van der Waals surface area contributed by atoms with E-state index in [-0.39, 0.29) is 0 Å². The van der Waals surface area contributed by atoms with Crippen LogP contribution in [-0.4, -0.2) is 77.4 Å². The standard InChI is InChI=1S/C33H36N8O2/c1-33(2,3)41(32(42)43)39-20-18-38(19-21-39)22-23-11-13-25(14-12-23)40-30(26-10-7-17-35-29(26)34)37-28-16-15-27(36-31(28)40)24-8-5-4-6-9-24/h4-17H,18-22H2,1-3H3,(H2,34,35)(H,42,43). The summed E-state index contributed by atoms with van der Waals surface area (Å²) in [4.78, 5) is 28.6. The number of fused-ring (bicyclic) bond motifs is 1. The van der Waals surface area contributed by atoms with Gasteiger partial charge in [0.1, 0.15) is 11.3 Å². The minimum Gasteiger partial charge on any atom is -0.464 e. The molecular weight excluding hydrogens is 540 g/mol. The van der Waals surface area contributed by atoms with E-state index in [0.29, 0.717) is 24.7 Å². The molecule has 1 amide bonds. The normalized spacial score (nSPS) is 14.7. The predicted molar refractivity (Wildman–Crippen MR) is 168 cm³/mol. The summed E-state index contributed by atoms with van der Waals surface area (Å²) in [5.74, 6) is 1.09. The van der Waals surface area contributed by atoms with Gasteiger partial charge in [0.25, 0.3) is 0 Å². The molecule has 3 aromatic heterocycles. The molecule has 10 heteroatoms. The number of nitrogens with two attached hydrogens (primary N) is 1. The molecular formula is C33H36N8O2. The van der Waals surface area contributed by atoms with Crippen molar-refractivity contribution in [3.8, 4) is 28.3 Å². The highest BCUT2D eigenvalue weighted by atomic mass is 16.4. The van der Waals surface area contributed by atoms with Crippen LogP contribution < -0.4 is 5.73 Å². The summed E-state index contributed by atoms with van der Waals surface area (Å²) in [5, 5.41) is 13.2. The number of hydrogen-bond donors (Lipinski definition) is 2. The molecule has 10 nitrogen and oxygen atoms in total. The van der Waals surface area contributed by atoms with Crippen LogP contribution in [0, 0.1) is 0 Å². The molecule has 0 radical (unpaired) electrons. The van der Waals surface area contributed by atoms with Gasteiger partial charge in [-0.15, -0.1) is 0 Å². The molecule has 0 atom stereocenters. The summed E-state index contributed by atoms with van der Waals surface area (Å²) in [6, 6.07) is 26.3. The number of rotatable bonds is 6. The molecule has 6 rings (SSSR count). The summed E-state index contributed by atoms with van der Waals surface area (Å²) in [6.45, 7) is 9.43. The Balaban J connectivity index is 1.28. The van der Waals surface area contributed by atoms with Gasteiger partial charge in [0.15, 0.2) is 11.5 Å². The molecule has 2 aromatic carbocycles. The maximum Gasteiger partial charge on any atom is 0.422 e. The van der Waals surface area contributed by atoms with Crippen LogP contribution in [0.15, 0.2) is 85.1 Å². The largest absolute Gasteiger partial charge is 0.464 e. The molecule has 0 saturated carbocycles. The number of nitrogen functional groups attached to an aromatic ring is 1. The maximum absolute atomic E-state index is 11.9. The number of imidazole rings is 1. The van der Waals surface area contributed by atoms with Crippen molar-refractivity contribution in [1.29, 1.82) is 0 Å². The Morgan fingerprint density at radius 2 is 1.63 bits per heavy atom. The zero-order chi connectivity index (χ0) is 30.1. The maximum atomic E-state index is 11.9. The number of piperazine rings is 1. The van der Waals surface area contributed by atoms with Crippen molar-refractivity contribution < 1.29 is 9.90 Å². The zero-order valence-corrected chi connectivity index (χ0v) is 24.7. The smallest absolute Gasteiger partial charge is 0.422 e. The highest BCUT2D eigenvalue weighted by Gasteiger charge is 2.33. The fourth-order valence-electron chi connectivity index (χ4n) is 5.70. The van der Waals surface area contributed by atoms with E-state index >= 15 is 0 Å². The summed E-state index contributed by atoms with van der Waals surface area (Å²) >= 11 is 0. The number of benzene rings is 2. The quantitative estimate of drug-likeness (QED) is 0.271. The Labute approximate surface area is 251 Å². The Hall–Kier alpha value is -4.80. The van der Waals surface area contributed by atoms with Gasteiger partial charge in [-0.2, -0.15) is 0 Å². The second-order valence-corrected chi connectivity index (χ2v) is 11.8. The zero-order valence-electron chi connectivity index (χ0n) is 24.7. The van der Waals surface area contributed by atoms with Crippen LogP contribution in [0.5, 0.6) is 0 Å². The number of hydrazine groups is 1. The van der Waals surface area contributed by atoms with Gasteiger partial charge in [-0.05, 0) is 62.7 Å². The average Bonchev–Trinajstić information content (AvgIpc) is 3.37. The number of anilines is 1. The van der Waals surface area contributed by atoms with Gasteiger partial charge < -0.3 is 10.8 Å². The van der Waals surface area contributed by atoms with Gasteiger partial charge >= 0.3 is 6.09 Å². The van der Waals surface area contributed by atoms with E-state index in [2.05, 4.69) is 34.1 Å². The number of nitrogens with zero attached hydrogens (tertiary/aromatic N) is 7. The Morgan fingerprint density at radius 3 is 2.28 bits per heavy atom. The monoisotopic (exact) mass is 576 g/mol. The van der Waals surface area contributed by atoms with Crippen LogP contribution >= 0.6 is 0 Å². The Bertz CT molecular complexity index is 1740. The van der Waals surface area contributed by atoms with Gasteiger partial charge in [-0.1, -0.05) is 42.5 Å². The van der Waals surface area contributed by atoms with E-state index in [0.717, 1.165) is 53.3 Å². The third-order valence-electron chi connectivity index (χ3n) is 7.70. The summed E-state index contributed by atoms with van der Waals surface area (Å²) in [6.07, 6.45) is 0.760. The first-order valence-corrected chi connectivity index (χ1v) is 14.4. The number of aromatic nitrogens is 4. The van der Waals surface area contributed by atoms with E-state index in [9.17, 15) is 9.90 Å².